The van der Waals surface area contributed by atoms with Gasteiger partial charge < -0.3 is 10.2 Å². The molecule has 0 saturated heterocycles. The summed E-state index contributed by atoms with van der Waals surface area (Å²) in [5.74, 6) is 0. The van der Waals surface area contributed by atoms with Crippen molar-refractivity contribution in [3.63, 3.8) is 0 Å². The molecule has 5 heteroatoms. The van der Waals surface area contributed by atoms with Crippen LogP contribution in [-0.2, 0) is 4.43 Å². The zero-order valence-electron chi connectivity index (χ0n) is 11.9. The zero-order valence-corrected chi connectivity index (χ0v) is 14.4. The lowest BCUT2D eigenvalue weighted by Gasteiger charge is -2.33. The second-order valence-corrected chi connectivity index (χ2v) is 10.3. The van der Waals surface area contributed by atoms with E-state index in [-0.39, 0.29) is 6.10 Å². The molecule has 0 aromatic heterocycles. The van der Waals surface area contributed by atoms with Crippen LogP contribution in [0, 0.1) is 0 Å². The lowest BCUT2D eigenvalue weighted by molar-refractivity contribution is 0.198. The highest BCUT2D eigenvalue weighted by molar-refractivity contribution is 6.73. The Morgan fingerprint density at radius 3 is 1.95 bits per heavy atom. The maximum atomic E-state index is 6.43. The van der Waals surface area contributed by atoms with Gasteiger partial charge in [-0.05, 0) is 30.3 Å². The Bertz CT molecular complexity index is 382. The standard InChI is InChI=1S/C14H23Cl2NOSi/c1-4-19(5-2,6-3)18-13(10-17)14-11(15)8-7-9-12(14)16/h7-9,13H,4-6,10,17H2,1-3H3/t13-/m0/s1. The van der Waals surface area contributed by atoms with Gasteiger partial charge in [0.25, 0.3) is 0 Å². The molecule has 0 fully saturated rings. The summed E-state index contributed by atoms with van der Waals surface area (Å²) in [5.41, 5.74) is 6.73. The van der Waals surface area contributed by atoms with Crippen LogP contribution in [0.1, 0.15) is 32.4 Å². The van der Waals surface area contributed by atoms with Crippen LogP contribution in [0.3, 0.4) is 0 Å². The van der Waals surface area contributed by atoms with Gasteiger partial charge in [-0.15, -0.1) is 0 Å². The van der Waals surface area contributed by atoms with Crippen molar-refractivity contribution in [1.82, 2.24) is 0 Å². The van der Waals surface area contributed by atoms with Crippen LogP contribution < -0.4 is 5.73 Å². The molecule has 0 aliphatic rings. The molecular formula is C14H23Cl2NOSi. The fourth-order valence-electron chi connectivity index (χ4n) is 2.34. The van der Waals surface area contributed by atoms with Crippen LogP contribution in [0.15, 0.2) is 18.2 Å². The Hall–Kier alpha value is -0.0631. The van der Waals surface area contributed by atoms with E-state index in [2.05, 4.69) is 20.8 Å². The predicted molar refractivity (Wildman–Crippen MR) is 86.5 cm³/mol. The Labute approximate surface area is 127 Å². The molecule has 19 heavy (non-hydrogen) atoms. The second kappa shape index (κ2) is 7.65. The summed E-state index contributed by atoms with van der Waals surface area (Å²) in [5, 5.41) is 1.27. The third-order valence-corrected chi connectivity index (χ3v) is 9.17. The minimum absolute atomic E-state index is 0.201. The second-order valence-electron chi connectivity index (χ2n) is 4.72. The number of nitrogens with two attached hydrogens (primary N) is 1. The molecule has 0 unspecified atom stereocenters. The summed E-state index contributed by atoms with van der Waals surface area (Å²) in [6.07, 6.45) is -0.201. The van der Waals surface area contributed by atoms with Crippen LogP contribution in [0.2, 0.25) is 28.2 Å². The van der Waals surface area contributed by atoms with Gasteiger partial charge in [0.15, 0.2) is 8.32 Å². The van der Waals surface area contributed by atoms with Crippen molar-refractivity contribution in [3.8, 4) is 0 Å². The molecule has 2 N–H and O–H groups in total. The van der Waals surface area contributed by atoms with Crippen LogP contribution in [-0.4, -0.2) is 14.9 Å². The number of rotatable bonds is 7. The summed E-state index contributed by atoms with van der Waals surface area (Å²) in [6, 6.07) is 8.76. The lowest BCUT2D eigenvalue weighted by Crippen LogP contribution is -2.39. The van der Waals surface area contributed by atoms with Gasteiger partial charge in [0.05, 0.1) is 6.10 Å². The molecule has 0 heterocycles. The van der Waals surface area contributed by atoms with Crippen molar-refractivity contribution in [2.75, 3.05) is 6.54 Å². The highest BCUT2D eigenvalue weighted by Crippen LogP contribution is 2.36. The van der Waals surface area contributed by atoms with Gasteiger partial charge >= 0.3 is 0 Å². The van der Waals surface area contributed by atoms with Crippen molar-refractivity contribution in [3.05, 3.63) is 33.8 Å². The molecule has 1 atom stereocenters. The predicted octanol–water partition coefficient (Wildman–Crippen LogP) is 5.02. The van der Waals surface area contributed by atoms with Crippen LogP contribution in [0.25, 0.3) is 0 Å². The molecule has 1 aromatic carbocycles. The van der Waals surface area contributed by atoms with E-state index in [1.807, 2.05) is 18.2 Å². The molecule has 0 bridgehead atoms. The smallest absolute Gasteiger partial charge is 0.192 e. The van der Waals surface area contributed by atoms with Gasteiger partial charge in [-0.2, -0.15) is 0 Å². The molecule has 0 radical (unpaired) electrons. The van der Waals surface area contributed by atoms with Gasteiger partial charge in [-0.3, -0.25) is 0 Å². The van der Waals surface area contributed by atoms with Crippen LogP contribution in [0.5, 0.6) is 0 Å². The van der Waals surface area contributed by atoms with Crippen molar-refractivity contribution >= 4 is 31.5 Å². The lowest BCUT2D eigenvalue weighted by atomic mass is 10.1. The van der Waals surface area contributed by atoms with E-state index in [0.29, 0.717) is 16.6 Å². The highest BCUT2D eigenvalue weighted by atomic mass is 35.5. The Balaban J connectivity index is 3.07. The zero-order chi connectivity index (χ0) is 14.5. The van der Waals surface area contributed by atoms with Gasteiger partial charge in [0.2, 0.25) is 0 Å². The summed E-state index contributed by atoms with van der Waals surface area (Å²) >= 11 is 12.5. The molecule has 0 aliphatic heterocycles. The first-order chi connectivity index (χ1) is 9.03. The quantitative estimate of drug-likeness (QED) is 0.716. The van der Waals surface area contributed by atoms with E-state index in [4.69, 9.17) is 33.4 Å². The summed E-state index contributed by atoms with van der Waals surface area (Å²) in [6.45, 7) is 6.99. The van der Waals surface area contributed by atoms with Crippen molar-refractivity contribution in [2.45, 2.75) is 45.0 Å². The summed E-state index contributed by atoms with van der Waals surface area (Å²) in [4.78, 5) is 0. The molecule has 0 aliphatic carbocycles. The Morgan fingerprint density at radius 2 is 1.58 bits per heavy atom. The maximum absolute atomic E-state index is 6.43. The first-order valence-corrected chi connectivity index (χ1v) is 10.1. The van der Waals surface area contributed by atoms with E-state index in [9.17, 15) is 0 Å². The first kappa shape index (κ1) is 17.0. The average Bonchev–Trinajstić information content (AvgIpc) is 2.43. The maximum Gasteiger partial charge on any atom is 0.192 e. The molecule has 0 spiro atoms. The van der Waals surface area contributed by atoms with Crippen LogP contribution >= 0.6 is 23.2 Å². The molecular weight excluding hydrogens is 297 g/mol. The Kier molecular flexibility index (Phi) is 6.84. The molecule has 1 rings (SSSR count). The SMILES string of the molecule is CC[Si](CC)(CC)O[C@@H](CN)c1c(Cl)cccc1Cl. The molecule has 1 aromatic rings. The van der Waals surface area contributed by atoms with Gasteiger partial charge in [0, 0.05) is 22.2 Å². The van der Waals surface area contributed by atoms with Crippen LogP contribution in [0.4, 0.5) is 0 Å². The summed E-state index contributed by atoms with van der Waals surface area (Å²) in [7, 11) is -1.73. The number of hydrogen-bond donors (Lipinski definition) is 1. The first-order valence-electron chi connectivity index (χ1n) is 6.85. The molecule has 0 amide bonds. The van der Waals surface area contributed by atoms with E-state index < -0.39 is 8.32 Å². The topological polar surface area (TPSA) is 35.2 Å². The van der Waals surface area contributed by atoms with Crippen molar-refractivity contribution in [1.29, 1.82) is 0 Å². The fraction of sp³-hybridized carbons (Fsp3) is 0.571. The van der Waals surface area contributed by atoms with E-state index in [0.717, 1.165) is 23.7 Å². The molecule has 2 nitrogen and oxygen atoms in total. The number of hydrogen-bond acceptors (Lipinski definition) is 2. The van der Waals surface area contributed by atoms with Gasteiger partial charge in [-0.25, -0.2) is 0 Å². The highest BCUT2D eigenvalue weighted by Gasteiger charge is 2.33. The minimum atomic E-state index is -1.73. The van der Waals surface area contributed by atoms with Gasteiger partial charge in [-0.1, -0.05) is 50.0 Å². The Morgan fingerprint density at radius 1 is 1.11 bits per heavy atom. The molecule has 0 saturated carbocycles. The molecule has 108 valence electrons. The normalized spacial score (nSPS) is 13.6. The van der Waals surface area contributed by atoms with E-state index in [1.54, 1.807) is 0 Å². The minimum Gasteiger partial charge on any atom is -0.409 e. The van der Waals surface area contributed by atoms with E-state index in [1.165, 1.54) is 0 Å². The third-order valence-electron chi connectivity index (χ3n) is 3.86. The van der Waals surface area contributed by atoms with Gasteiger partial charge in [0.1, 0.15) is 0 Å². The monoisotopic (exact) mass is 319 g/mol. The largest absolute Gasteiger partial charge is 0.409 e. The summed E-state index contributed by atoms with van der Waals surface area (Å²) < 4.78 is 6.43. The fourth-order valence-corrected chi connectivity index (χ4v) is 5.80. The average molecular weight is 320 g/mol. The van der Waals surface area contributed by atoms with Crippen molar-refractivity contribution in [2.24, 2.45) is 5.73 Å². The van der Waals surface area contributed by atoms with E-state index >= 15 is 0 Å². The number of halogens is 2. The number of benzene rings is 1. The third kappa shape index (κ3) is 3.96. The van der Waals surface area contributed by atoms with Crippen molar-refractivity contribution < 1.29 is 4.43 Å².